The standard InChI is InChI=1S/C37H43N3O7S.C2H7N.C2H6.2CH4/c1-25-16-18-29-27(23-25)36(2,3)31(38(29)5)13-9-7-10-14-32-37(4,28-24-26(48(44,45)46)17-19-30(28)39(32)6)22-12-8-11-15-35(43)47-40-33(41)20-21-34(40)42;1-2-3;1-2;;/h7,9-10,13-14,16-19,23-24H,8,11-12,15,20-22H2,1-6H3;2-3H2,1H3;1-2H3;2*1H4. The molecule has 3 heterocycles. The maximum Gasteiger partial charge on any atom is 0.333 e. The molecule has 11 nitrogen and oxygen atoms in total. The van der Waals surface area contributed by atoms with Crippen LogP contribution in [0, 0.1) is 6.92 Å². The van der Waals surface area contributed by atoms with Gasteiger partial charge in [-0.25, -0.2) is 13.2 Å². The Morgan fingerprint density at radius 3 is 2.18 bits per heavy atom. The van der Waals surface area contributed by atoms with Crippen molar-refractivity contribution < 1.29 is 36.8 Å². The Balaban J connectivity index is 0.00000206. The summed E-state index contributed by atoms with van der Waals surface area (Å²) in [6, 6.07) is 11.0. The Labute approximate surface area is 330 Å². The topological polar surface area (TPSA) is 153 Å². The lowest BCUT2D eigenvalue weighted by atomic mass is 9.77. The average molecular weight is 781 g/mol. The summed E-state index contributed by atoms with van der Waals surface area (Å²) in [5.74, 6) is -1.66. The van der Waals surface area contributed by atoms with E-state index in [0.29, 0.717) is 30.7 Å². The Hall–Kier alpha value is -4.39. The van der Waals surface area contributed by atoms with E-state index in [9.17, 15) is 27.4 Å². The highest BCUT2D eigenvalue weighted by atomic mass is 32.2. The molecule has 12 heteroatoms. The molecule has 3 aliphatic rings. The summed E-state index contributed by atoms with van der Waals surface area (Å²) in [7, 11) is -0.650. The van der Waals surface area contributed by atoms with Crippen LogP contribution in [0.2, 0.25) is 0 Å². The van der Waals surface area contributed by atoms with Crippen LogP contribution in [0.1, 0.15) is 118 Å². The minimum absolute atomic E-state index is 0. The molecule has 2 N–H and O–H groups in total. The first-order valence-corrected chi connectivity index (χ1v) is 19.8. The molecule has 304 valence electrons. The van der Waals surface area contributed by atoms with Crippen molar-refractivity contribution >= 4 is 45.0 Å². The van der Waals surface area contributed by atoms with Gasteiger partial charge in [0.25, 0.3) is 11.8 Å². The van der Waals surface area contributed by atoms with E-state index in [1.54, 1.807) is 6.07 Å². The van der Waals surface area contributed by atoms with Crippen LogP contribution in [0.4, 0.5) is 11.4 Å². The third-order valence-corrected chi connectivity index (χ3v) is 10.6. The largest absolute Gasteiger partial charge is 0.744 e. The Morgan fingerprint density at radius 1 is 0.964 bits per heavy atom. The number of hydroxylamine groups is 2. The number of hydrogen-bond acceptors (Lipinski definition) is 9. The summed E-state index contributed by atoms with van der Waals surface area (Å²) in [6.45, 7) is 15.2. The fourth-order valence-electron chi connectivity index (χ4n) is 7.14. The number of imide groups is 1. The van der Waals surface area contributed by atoms with Crippen molar-refractivity contribution in [2.24, 2.45) is 5.73 Å². The summed E-state index contributed by atoms with van der Waals surface area (Å²) >= 11 is 0. The molecule has 5 rings (SSSR count). The maximum atomic E-state index is 12.3. The van der Waals surface area contributed by atoms with Crippen LogP contribution in [0.15, 0.2) is 77.4 Å². The van der Waals surface area contributed by atoms with Gasteiger partial charge in [-0.1, -0.05) is 78.3 Å². The van der Waals surface area contributed by atoms with E-state index in [2.05, 4.69) is 56.7 Å². The fourth-order valence-corrected chi connectivity index (χ4v) is 7.64. The number of carbonyl (C=O) groups is 3. The van der Waals surface area contributed by atoms with E-state index in [1.165, 1.54) is 34.7 Å². The van der Waals surface area contributed by atoms with Gasteiger partial charge in [-0.15, -0.1) is 5.06 Å². The number of nitrogens with zero attached hydrogens (tertiary/aromatic N) is 3. The van der Waals surface area contributed by atoms with Gasteiger partial charge in [-0.2, -0.15) is 4.58 Å². The van der Waals surface area contributed by atoms with E-state index in [0.717, 1.165) is 23.5 Å². The van der Waals surface area contributed by atoms with Gasteiger partial charge >= 0.3 is 5.97 Å². The van der Waals surface area contributed by atoms with Crippen molar-refractivity contribution in [3.05, 3.63) is 89.2 Å². The molecule has 0 aromatic heterocycles. The van der Waals surface area contributed by atoms with Gasteiger partial charge in [-0.05, 0) is 83.0 Å². The first-order chi connectivity index (χ1) is 25.0. The first-order valence-electron chi connectivity index (χ1n) is 18.4. The number of unbranched alkanes of at least 4 members (excludes halogenated alkanes) is 2. The van der Waals surface area contributed by atoms with E-state index in [-0.39, 0.29) is 44.4 Å². The number of benzene rings is 2. The van der Waals surface area contributed by atoms with Crippen LogP contribution >= 0.6 is 0 Å². The molecule has 1 unspecified atom stereocenters. The van der Waals surface area contributed by atoms with Gasteiger partial charge in [0.05, 0.1) is 10.3 Å². The Kier molecular flexibility index (Phi) is 18.1. The zero-order valence-corrected chi connectivity index (χ0v) is 33.5. The van der Waals surface area contributed by atoms with Gasteiger partial charge < -0.3 is 20.0 Å². The number of fused-ring (bicyclic) bond motifs is 2. The third-order valence-electron chi connectivity index (χ3n) is 9.81. The number of allylic oxidation sites excluding steroid dienone is 6. The van der Waals surface area contributed by atoms with Crippen molar-refractivity contribution in [1.29, 1.82) is 0 Å². The van der Waals surface area contributed by atoms with Crippen LogP contribution in [0.3, 0.4) is 0 Å². The van der Waals surface area contributed by atoms with E-state index < -0.39 is 33.3 Å². The molecule has 0 radical (unpaired) electrons. The second-order valence-electron chi connectivity index (χ2n) is 13.9. The lowest BCUT2D eigenvalue weighted by Crippen LogP contribution is -2.31. The zero-order chi connectivity index (χ0) is 39.7. The highest BCUT2D eigenvalue weighted by Gasteiger charge is 2.43. The summed E-state index contributed by atoms with van der Waals surface area (Å²) in [6.07, 6.45) is 12.7. The molecule has 0 bridgehead atoms. The number of likely N-dealkylation sites (N-methyl/N-ethyl adjacent to an activating group) is 1. The molecule has 3 aliphatic heterocycles. The van der Waals surface area contributed by atoms with E-state index in [4.69, 9.17) is 10.6 Å². The molecular formula is C43H64N4O7S. The normalized spacial score (nSPS) is 19.1. The molecule has 0 aliphatic carbocycles. The fraction of sp³-hybridized carbons (Fsp3) is 0.488. The number of nitrogens with two attached hydrogens (primary N) is 1. The molecule has 2 aromatic rings. The van der Waals surface area contributed by atoms with Gasteiger partial charge in [-0.3, -0.25) is 9.59 Å². The quantitative estimate of drug-likeness (QED) is 0.0783. The van der Waals surface area contributed by atoms with Gasteiger partial charge in [0.15, 0.2) is 5.71 Å². The molecule has 2 aromatic carbocycles. The summed E-state index contributed by atoms with van der Waals surface area (Å²) < 4.78 is 38.1. The predicted octanol–water partition coefficient (Wildman–Crippen LogP) is 8.13. The molecule has 0 saturated carbocycles. The van der Waals surface area contributed by atoms with Crippen molar-refractivity contribution in [1.82, 2.24) is 5.06 Å². The second-order valence-corrected chi connectivity index (χ2v) is 15.3. The smallest absolute Gasteiger partial charge is 0.333 e. The van der Waals surface area contributed by atoms with Crippen molar-refractivity contribution in [2.45, 2.75) is 124 Å². The minimum Gasteiger partial charge on any atom is -0.744 e. The van der Waals surface area contributed by atoms with E-state index in [1.807, 2.05) is 63.9 Å². The number of carbonyl (C=O) groups excluding carboxylic acids is 3. The molecule has 1 fully saturated rings. The number of anilines is 1. The lowest BCUT2D eigenvalue weighted by molar-refractivity contribution is -0.401. The maximum absolute atomic E-state index is 12.3. The van der Waals surface area contributed by atoms with Gasteiger partial charge in [0.1, 0.15) is 17.2 Å². The van der Waals surface area contributed by atoms with Crippen molar-refractivity contribution in [3.63, 3.8) is 0 Å². The summed E-state index contributed by atoms with van der Waals surface area (Å²) in [4.78, 5) is 42.4. The predicted molar refractivity (Wildman–Crippen MR) is 221 cm³/mol. The number of amides is 2. The van der Waals surface area contributed by atoms with Gasteiger partial charge in [0, 0.05) is 60.8 Å². The average Bonchev–Trinajstić information content (AvgIpc) is 3.60. The van der Waals surface area contributed by atoms with Crippen LogP contribution in [-0.4, -0.2) is 66.7 Å². The highest BCUT2D eigenvalue weighted by molar-refractivity contribution is 7.85. The van der Waals surface area contributed by atoms with Crippen LogP contribution in [0.5, 0.6) is 0 Å². The molecule has 0 spiro atoms. The first kappa shape index (κ1) is 48.6. The Bertz CT molecular complexity index is 1910. The SMILES string of the molecule is C.C.CC.CCN.Cc1ccc2c(c1)C(C)(C)C(/C=C/C=C/C=C1\N(C)c3ccc(S(=O)(=O)[O-])cc3C1(C)CCCCCC(=O)ON1C(=O)CCC1=O)=[N+]2C. The second kappa shape index (κ2) is 20.5. The molecule has 1 saturated heterocycles. The highest BCUT2D eigenvalue weighted by Crippen LogP contribution is 2.50. The monoisotopic (exact) mass is 780 g/mol. The molecular weight excluding hydrogens is 717 g/mol. The van der Waals surface area contributed by atoms with Crippen molar-refractivity contribution in [2.75, 3.05) is 25.5 Å². The van der Waals surface area contributed by atoms with Crippen LogP contribution in [0.25, 0.3) is 0 Å². The molecule has 1 atom stereocenters. The number of aryl methyl sites for hydroxylation is 1. The minimum atomic E-state index is -4.66. The van der Waals surface area contributed by atoms with E-state index >= 15 is 0 Å². The zero-order valence-electron chi connectivity index (χ0n) is 32.7. The van der Waals surface area contributed by atoms with Crippen LogP contribution in [-0.2, 0) is 40.2 Å². The van der Waals surface area contributed by atoms with Gasteiger partial charge in [0.2, 0.25) is 5.69 Å². The van der Waals surface area contributed by atoms with Crippen LogP contribution < -0.4 is 10.6 Å². The molecule has 55 heavy (non-hydrogen) atoms. The lowest BCUT2D eigenvalue weighted by Gasteiger charge is -2.29. The number of hydrogen-bond donors (Lipinski definition) is 1. The van der Waals surface area contributed by atoms with Crippen molar-refractivity contribution in [3.8, 4) is 0 Å². The third kappa shape index (κ3) is 10.9. The Morgan fingerprint density at radius 2 is 1.58 bits per heavy atom. The number of rotatable bonds is 11. The summed E-state index contributed by atoms with van der Waals surface area (Å²) in [5.41, 5.74) is 11.5. The molecule has 2 amide bonds. The summed E-state index contributed by atoms with van der Waals surface area (Å²) in [5, 5.41) is 0.557.